The number of halogens is 1. The number of rotatable bonds is 4. The third kappa shape index (κ3) is 3.41. The highest BCUT2D eigenvalue weighted by Crippen LogP contribution is 2.16. The predicted octanol–water partition coefficient (Wildman–Crippen LogP) is 3.01. The molecule has 1 nitrogen and oxygen atoms in total. The SMILES string of the molecule is C#CCCN[C@H](C)c1cccc(Cl)c1. The van der Waals surface area contributed by atoms with E-state index in [-0.39, 0.29) is 0 Å². The van der Waals surface area contributed by atoms with Gasteiger partial charge in [-0.1, -0.05) is 23.7 Å². The summed E-state index contributed by atoms with van der Waals surface area (Å²) in [4.78, 5) is 0. The van der Waals surface area contributed by atoms with Crippen molar-refractivity contribution in [2.75, 3.05) is 6.54 Å². The van der Waals surface area contributed by atoms with E-state index < -0.39 is 0 Å². The van der Waals surface area contributed by atoms with Crippen LogP contribution in [0.2, 0.25) is 5.02 Å². The Bertz CT molecular complexity index is 327. The van der Waals surface area contributed by atoms with Crippen LogP contribution in [-0.4, -0.2) is 6.54 Å². The maximum atomic E-state index is 5.89. The van der Waals surface area contributed by atoms with E-state index in [1.54, 1.807) is 0 Å². The number of nitrogens with one attached hydrogen (secondary N) is 1. The van der Waals surface area contributed by atoms with E-state index in [0.717, 1.165) is 18.0 Å². The van der Waals surface area contributed by atoms with Crippen molar-refractivity contribution in [3.63, 3.8) is 0 Å². The monoisotopic (exact) mass is 207 g/mol. The van der Waals surface area contributed by atoms with Gasteiger partial charge >= 0.3 is 0 Å². The van der Waals surface area contributed by atoms with Crippen LogP contribution in [0.4, 0.5) is 0 Å². The molecule has 0 saturated heterocycles. The molecule has 0 amide bonds. The van der Waals surface area contributed by atoms with Gasteiger partial charge in [0.1, 0.15) is 0 Å². The first-order valence-corrected chi connectivity index (χ1v) is 5.04. The Labute approximate surface area is 90.5 Å². The second kappa shape index (κ2) is 5.70. The average Bonchev–Trinajstić information content (AvgIpc) is 2.18. The van der Waals surface area contributed by atoms with E-state index in [1.807, 2.05) is 18.2 Å². The van der Waals surface area contributed by atoms with Crippen molar-refractivity contribution in [2.24, 2.45) is 0 Å². The highest BCUT2D eigenvalue weighted by molar-refractivity contribution is 6.30. The fourth-order valence-electron chi connectivity index (χ4n) is 1.25. The van der Waals surface area contributed by atoms with Crippen molar-refractivity contribution < 1.29 is 0 Å². The summed E-state index contributed by atoms with van der Waals surface area (Å²) in [5.74, 6) is 2.60. The zero-order chi connectivity index (χ0) is 10.4. The van der Waals surface area contributed by atoms with Crippen LogP contribution < -0.4 is 5.32 Å². The molecule has 1 aromatic carbocycles. The minimum atomic E-state index is 0.294. The number of hydrogen-bond acceptors (Lipinski definition) is 1. The van der Waals surface area contributed by atoms with Crippen LogP contribution in [0.1, 0.15) is 24.9 Å². The van der Waals surface area contributed by atoms with Crippen LogP contribution in [0.5, 0.6) is 0 Å². The average molecular weight is 208 g/mol. The van der Waals surface area contributed by atoms with Crippen molar-refractivity contribution >= 4 is 11.6 Å². The van der Waals surface area contributed by atoms with Crippen molar-refractivity contribution in [2.45, 2.75) is 19.4 Å². The summed E-state index contributed by atoms with van der Waals surface area (Å²) in [5, 5.41) is 4.10. The topological polar surface area (TPSA) is 12.0 Å². The molecule has 1 aromatic rings. The minimum absolute atomic E-state index is 0.294. The lowest BCUT2D eigenvalue weighted by molar-refractivity contribution is 0.584. The molecule has 2 heteroatoms. The molecule has 0 unspecified atom stereocenters. The molecule has 0 aromatic heterocycles. The van der Waals surface area contributed by atoms with Gasteiger partial charge in [-0.3, -0.25) is 0 Å². The molecule has 1 atom stereocenters. The first-order valence-electron chi connectivity index (χ1n) is 4.66. The lowest BCUT2D eigenvalue weighted by Gasteiger charge is -2.13. The Hall–Kier alpha value is -0.970. The molecule has 1 N–H and O–H groups in total. The fraction of sp³-hybridized carbons (Fsp3) is 0.333. The smallest absolute Gasteiger partial charge is 0.0409 e. The second-order valence-corrected chi connectivity index (χ2v) is 3.62. The van der Waals surface area contributed by atoms with Gasteiger partial charge in [-0.2, -0.15) is 0 Å². The summed E-state index contributed by atoms with van der Waals surface area (Å²) >= 11 is 5.89. The van der Waals surface area contributed by atoms with Crippen LogP contribution in [0.15, 0.2) is 24.3 Å². The third-order valence-corrected chi connectivity index (χ3v) is 2.30. The number of hydrogen-bond donors (Lipinski definition) is 1. The number of benzene rings is 1. The van der Waals surface area contributed by atoms with Crippen molar-refractivity contribution in [1.82, 2.24) is 5.32 Å². The molecule has 0 saturated carbocycles. The first-order chi connectivity index (χ1) is 6.74. The van der Waals surface area contributed by atoms with Gasteiger partial charge in [0.2, 0.25) is 0 Å². The molecular formula is C12H14ClN. The largest absolute Gasteiger partial charge is 0.309 e. The molecule has 74 valence electrons. The molecule has 1 rings (SSSR count). The van der Waals surface area contributed by atoms with E-state index in [2.05, 4.69) is 24.2 Å². The lowest BCUT2D eigenvalue weighted by atomic mass is 10.1. The van der Waals surface area contributed by atoms with Crippen LogP contribution in [0.25, 0.3) is 0 Å². The van der Waals surface area contributed by atoms with Crippen LogP contribution in [-0.2, 0) is 0 Å². The number of terminal acetylenes is 1. The van der Waals surface area contributed by atoms with Crippen LogP contribution >= 0.6 is 11.6 Å². The Balaban J connectivity index is 2.52. The zero-order valence-corrected chi connectivity index (χ0v) is 9.01. The van der Waals surface area contributed by atoms with Crippen LogP contribution in [0.3, 0.4) is 0 Å². The quantitative estimate of drug-likeness (QED) is 0.591. The highest BCUT2D eigenvalue weighted by atomic mass is 35.5. The van der Waals surface area contributed by atoms with Gasteiger partial charge in [0, 0.05) is 24.0 Å². The van der Waals surface area contributed by atoms with Gasteiger partial charge in [-0.05, 0) is 24.6 Å². The van der Waals surface area contributed by atoms with Crippen molar-refractivity contribution in [1.29, 1.82) is 0 Å². The van der Waals surface area contributed by atoms with E-state index in [9.17, 15) is 0 Å². The van der Waals surface area contributed by atoms with E-state index in [1.165, 1.54) is 5.56 Å². The summed E-state index contributed by atoms with van der Waals surface area (Å²) < 4.78 is 0. The first kappa shape index (κ1) is 11.1. The normalized spacial score (nSPS) is 12.1. The Morgan fingerprint density at radius 2 is 2.36 bits per heavy atom. The van der Waals surface area contributed by atoms with E-state index in [4.69, 9.17) is 18.0 Å². The summed E-state index contributed by atoms with van der Waals surface area (Å²) in [6.45, 7) is 2.94. The maximum Gasteiger partial charge on any atom is 0.0409 e. The maximum absolute atomic E-state index is 5.89. The summed E-state index contributed by atoms with van der Waals surface area (Å²) in [6.07, 6.45) is 5.92. The van der Waals surface area contributed by atoms with Gasteiger partial charge < -0.3 is 5.32 Å². The summed E-state index contributed by atoms with van der Waals surface area (Å²) in [6, 6.07) is 8.15. The van der Waals surface area contributed by atoms with Crippen LogP contribution in [0, 0.1) is 12.3 Å². The molecule has 0 bridgehead atoms. The summed E-state index contributed by atoms with van der Waals surface area (Å²) in [7, 11) is 0. The molecule has 0 spiro atoms. The third-order valence-electron chi connectivity index (χ3n) is 2.07. The highest BCUT2D eigenvalue weighted by Gasteiger charge is 2.03. The lowest BCUT2D eigenvalue weighted by Crippen LogP contribution is -2.19. The molecule has 0 fully saturated rings. The molecular weight excluding hydrogens is 194 g/mol. The van der Waals surface area contributed by atoms with E-state index >= 15 is 0 Å². The van der Waals surface area contributed by atoms with Gasteiger partial charge in [0.15, 0.2) is 0 Å². The fourth-order valence-corrected chi connectivity index (χ4v) is 1.45. The van der Waals surface area contributed by atoms with Crippen molar-refractivity contribution in [3.8, 4) is 12.3 Å². The molecule has 0 radical (unpaired) electrons. The Kier molecular flexibility index (Phi) is 4.52. The van der Waals surface area contributed by atoms with Gasteiger partial charge in [0.05, 0.1) is 0 Å². The Morgan fingerprint density at radius 1 is 1.57 bits per heavy atom. The van der Waals surface area contributed by atoms with Gasteiger partial charge in [-0.15, -0.1) is 12.3 Å². The standard InChI is InChI=1S/C12H14ClN/c1-3-4-8-14-10(2)11-6-5-7-12(13)9-11/h1,5-7,9-10,14H,4,8H2,2H3/t10-/m1/s1. The molecule has 0 aliphatic heterocycles. The van der Waals surface area contributed by atoms with E-state index in [0.29, 0.717) is 6.04 Å². The second-order valence-electron chi connectivity index (χ2n) is 3.18. The minimum Gasteiger partial charge on any atom is -0.309 e. The van der Waals surface area contributed by atoms with Gasteiger partial charge in [-0.25, -0.2) is 0 Å². The Morgan fingerprint density at radius 3 is 3.00 bits per heavy atom. The molecule has 14 heavy (non-hydrogen) atoms. The van der Waals surface area contributed by atoms with Crippen molar-refractivity contribution in [3.05, 3.63) is 34.9 Å². The molecule has 0 aliphatic rings. The molecule has 0 heterocycles. The zero-order valence-electron chi connectivity index (χ0n) is 8.26. The van der Waals surface area contributed by atoms with Gasteiger partial charge in [0.25, 0.3) is 0 Å². The predicted molar refractivity (Wildman–Crippen MR) is 61.3 cm³/mol. The summed E-state index contributed by atoms with van der Waals surface area (Å²) in [5.41, 5.74) is 1.19. The molecule has 0 aliphatic carbocycles.